The highest BCUT2D eigenvalue weighted by Crippen LogP contribution is 2.24. The highest BCUT2D eigenvalue weighted by molar-refractivity contribution is 5.66. The maximum atomic E-state index is 11.8. The molecule has 3 N–H and O–H groups in total. The van der Waals surface area contributed by atoms with E-state index in [2.05, 4.69) is 11.2 Å². The van der Waals surface area contributed by atoms with Gasteiger partial charge in [-0.15, -0.1) is 0 Å². The first-order chi connectivity index (χ1) is 8.04. The fourth-order valence-electron chi connectivity index (χ4n) is 2.10. The Kier molecular flexibility index (Phi) is 2.90. The van der Waals surface area contributed by atoms with Crippen LogP contribution in [0.3, 0.4) is 0 Å². The predicted molar refractivity (Wildman–Crippen MR) is 68.8 cm³/mol. The van der Waals surface area contributed by atoms with Crippen molar-refractivity contribution in [2.45, 2.75) is 20.4 Å². The third-order valence-electron chi connectivity index (χ3n) is 3.00. The zero-order chi connectivity index (χ0) is 12.6. The van der Waals surface area contributed by atoms with Crippen LogP contribution in [0.15, 0.2) is 23.0 Å². The van der Waals surface area contributed by atoms with Gasteiger partial charge in [-0.1, -0.05) is 23.8 Å². The van der Waals surface area contributed by atoms with Gasteiger partial charge in [0.1, 0.15) is 0 Å². The highest BCUT2D eigenvalue weighted by atomic mass is 16.1. The minimum atomic E-state index is -0.0533. The molecule has 0 aliphatic carbocycles. The van der Waals surface area contributed by atoms with Gasteiger partial charge in [-0.3, -0.25) is 14.6 Å². The van der Waals surface area contributed by atoms with E-state index in [4.69, 9.17) is 5.73 Å². The van der Waals surface area contributed by atoms with Crippen LogP contribution in [0.25, 0.3) is 11.3 Å². The van der Waals surface area contributed by atoms with Crippen LogP contribution in [0.5, 0.6) is 0 Å². The van der Waals surface area contributed by atoms with Crippen LogP contribution in [0, 0.1) is 13.8 Å². The van der Waals surface area contributed by atoms with Gasteiger partial charge in [0.05, 0.1) is 11.3 Å². The number of nitrogens with two attached hydrogens (primary N) is 1. The molecule has 1 aromatic heterocycles. The van der Waals surface area contributed by atoms with Crippen molar-refractivity contribution in [1.82, 2.24) is 9.78 Å². The molecule has 4 nitrogen and oxygen atoms in total. The van der Waals surface area contributed by atoms with E-state index < -0.39 is 0 Å². The quantitative estimate of drug-likeness (QED) is 0.821. The Morgan fingerprint density at radius 2 is 2.06 bits per heavy atom. The molecule has 0 atom stereocenters. The van der Waals surface area contributed by atoms with E-state index in [1.165, 1.54) is 10.2 Å². The minimum Gasteiger partial charge on any atom is -0.326 e. The smallest absolute Gasteiger partial charge is 0.271 e. The fourth-order valence-corrected chi connectivity index (χ4v) is 2.10. The van der Waals surface area contributed by atoms with E-state index in [9.17, 15) is 4.79 Å². The first-order valence-corrected chi connectivity index (χ1v) is 5.60. The van der Waals surface area contributed by atoms with Crippen LogP contribution < -0.4 is 11.3 Å². The summed E-state index contributed by atoms with van der Waals surface area (Å²) in [5, 5.41) is 3.06. The Morgan fingerprint density at radius 1 is 1.35 bits per heavy atom. The molecule has 17 heavy (non-hydrogen) atoms. The third-order valence-corrected chi connectivity index (χ3v) is 3.00. The Morgan fingerprint density at radius 3 is 2.65 bits per heavy atom. The number of nitrogens with one attached hydrogen (secondary N) is 1. The Hall–Kier alpha value is -1.81. The first-order valence-electron chi connectivity index (χ1n) is 5.60. The lowest BCUT2D eigenvalue weighted by molar-refractivity contribution is 0.739. The molecule has 0 unspecified atom stereocenters. The van der Waals surface area contributed by atoms with Gasteiger partial charge in [-0.05, 0) is 19.4 Å². The number of H-pyrrole nitrogens is 1. The molecule has 0 radical (unpaired) electrons. The summed E-state index contributed by atoms with van der Waals surface area (Å²) in [6.45, 7) is 4.33. The van der Waals surface area contributed by atoms with Crippen molar-refractivity contribution >= 4 is 0 Å². The van der Waals surface area contributed by atoms with Crippen molar-refractivity contribution in [2.75, 3.05) is 0 Å². The molecule has 0 aliphatic rings. The molecule has 0 saturated carbocycles. The van der Waals surface area contributed by atoms with Crippen LogP contribution in [0.4, 0.5) is 0 Å². The second-order valence-corrected chi connectivity index (χ2v) is 4.35. The maximum Gasteiger partial charge on any atom is 0.271 e. The topological polar surface area (TPSA) is 63.8 Å². The number of aryl methyl sites for hydroxylation is 3. The molecular weight excluding hydrogens is 214 g/mol. The molecular formula is C13H17N3O. The molecule has 0 spiro atoms. The zero-order valence-corrected chi connectivity index (χ0v) is 10.4. The average molecular weight is 231 g/mol. The lowest BCUT2D eigenvalue weighted by atomic mass is 10.0. The lowest BCUT2D eigenvalue weighted by Crippen LogP contribution is -2.17. The van der Waals surface area contributed by atoms with Gasteiger partial charge in [0.2, 0.25) is 0 Å². The molecule has 0 bridgehead atoms. The van der Waals surface area contributed by atoms with E-state index in [-0.39, 0.29) is 12.1 Å². The minimum absolute atomic E-state index is 0.0533. The van der Waals surface area contributed by atoms with Crippen molar-refractivity contribution in [3.8, 4) is 11.3 Å². The number of rotatable bonds is 2. The van der Waals surface area contributed by atoms with Crippen LogP contribution in [-0.4, -0.2) is 9.78 Å². The van der Waals surface area contributed by atoms with Crippen molar-refractivity contribution in [2.24, 2.45) is 12.8 Å². The summed E-state index contributed by atoms with van der Waals surface area (Å²) in [5.74, 6) is 0. The predicted octanol–water partition coefficient (Wildman–Crippen LogP) is 1.46. The molecule has 0 aliphatic heterocycles. The molecule has 2 rings (SSSR count). The second kappa shape index (κ2) is 4.22. The molecule has 0 fully saturated rings. The maximum absolute atomic E-state index is 11.8. The molecule has 1 heterocycles. The van der Waals surface area contributed by atoms with E-state index in [0.717, 1.165) is 16.8 Å². The summed E-state index contributed by atoms with van der Waals surface area (Å²) < 4.78 is 1.47. The standard InChI is InChI=1S/C13H17N3O/c1-8-4-5-10(9(2)6-8)12-11(7-14)13(17)16(3)15-12/h4-6,15H,7,14H2,1-3H3. The van der Waals surface area contributed by atoms with Crippen LogP contribution in [0.2, 0.25) is 0 Å². The van der Waals surface area contributed by atoms with E-state index >= 15 is 0 Å². The summed E-state index contributed by atoms with van der Waals surface area (Å²) in [6, 6.07) is 6.16. The molecule has 2 aromatic rings. The number of aromatic nitrogens is 2. The zero-order valence-electron chi connectivity index (χ0n) is 10.4. The first kappa shape index (κ1) is 11.7. The van der Waals surface area contributed by atoms with E-state index in [1.54, 1.807) is 7.05 Å². The third kappa shape index (κ3) is 1.91. The summed E-state index contributed by atoms with van der Waals surface area (Å²) >= 11 is 0. The summed E-state index contributed by atoms with van der Waals surface area (Å²) in [6.07, 6.45) is 0. The van der Waals surface area contributed by atoms with Crippen molar-refractivity contribution in [3.63, 3.8) is 0 Å². The van der Waals surface area contributed by atoms with Crippen LogP contribution >= 0.6 is 0 Å². The van der Waals surface area contributed by atoms with Gasteiger partial charge >= 0.3 is 0 Å². The van der Waals surface area contributed by atoms with Crippen molar-refractivity contribution in [3.05, 3.63) is 45.2 Å². The normalized spacial score (nSPS) is 10.8. The van der Waals surface area contributed by atoms with E-state index in [0.29, 0.717) is 5.56 Å². The molecule has 0 amide bonds. The Bertz CT molecular complexity index is 608. The average Bonchev–Trinajstić information content (AvgIpc) is 2.55. The summed E-state index contributed by atoms with van der Waals surface area (Å²) in [5.41, 5.74) is 10.4. The SMILES string of the molecule is Cc1ccc(-c2[nH]n(C)c(=O)c2CN)c(C)c1. The van der Waals surface area contributed by atoms with Gasteiger partial charge in [0, 0.05) is 19.2 Å². The van der Waals surface area contributed by atoms with Crippen molar-refractivity contribution in [1.29, 1.82) is 0 Å². The van der Waals surface area contributed by atoms with Crippen LogP contribution in [0.1, 0.15) is 16.7 Å². The number of nitrogens with zero attached hydrogens (tertiary/aromatic N) is 1. The number of aromatic amines is 1. The molecule has 1 aromatic carbocycles. The Labute approximate surface area is 100 Å². The van der Waals surface area contributed by atoms with Gasteiger partial charge < -0.3 is 5.73 Å². The number of hydrogen-bond acceptors (Lipinski definition) is 2. The van der Waals surface area contributed by atoms with Gasteiger partial charge in [-0.2, -0.15) is 0 Å². The van der Waals surface area contributed by atoms with E-state index in [1.807, 2.05) is 26.0 Å². The molecule has 0 saturated heterocycles. The van der Waals surface area contributed by atoms with Crippen molar-refractivity contribution < 1.29 is 0 Å². The number of benzene rings is 1. The lowest BCUT2D eigenvalue weighted by Gasteiger charge is -2.06. The van der Waals surface area contributed by atoms with Crippen LogP contribution in [-0.2, 0) is 13.6 Å². The largest absolute Gasteiger partial charge is 0.326 e. The Balaban J connectivity index is 2.68. The summed E-state index contributed by atoms with van der Waals surface area (Å²) in [4.78, 5) is 11.8. The molecule has 4 heteroatoms. The van der Waals surface area contributed by atoms with Gasteiger partial charge in [0.15, 0.2) is 0 Å². The number of hydrogen-bond donors (Lipinski definition) is 2. The van der Waals surface area contributed by atoms with Gasteiger partial charge in [0.25, 0.3) is 5.56 Å². The fraction of sp³-hybridized carbons (Fsp3) is 0.308. The highest BCUT2D eigenvalue weighted by Gasteiger charge is 2.14. The van der Waals surface area contributed by atoms with Gasteiger partial charge in [-0.25, -0.2) is 0 Å². The molecule has 90 valence electrons. The monoisotopic (exact) mass is 231 g/mol. The summed E-state index contributed by atoms with van der Waals surface area (Å²) in [7, 11) is 1.70. The second-order valence-electron chi connectivity index (χ2n) is 4.35.